The van der Waals surface area contributed by atoms with Crippen LogP contribution in [-0.4, -0.2) is 29.1 Å². The molecule has 31 heavy (non-hydrogen) atoms. The third-order valence-electron chi connectivity index (χ3n) is 4.54. The molecule has 2 aromatic rings. The number of amides is 1. The van der Waals surface area contributed by atoms with Crippen LogP contribution in [0.4, 0.5) is 5.69 Å². The molecule has 6 nitrogen and oxygen atoms in total. The molecule has 2 aromatic carbocycles. The van der Waals surface area contributed by atoms with Gasteiger partial charge in [0.25, 0.3) is 5.91 Å². The van der Waals surface area contributed by atoms with E-state index in [9.17, 15) is 9.59 Å². The Labute approximate surface area is 193 Å². The molecule has 1 fully saturated rings. The predicted octanol–water partition coefficient (Wildman–Crippen LogP) is 4.80. The highest BCUT2D eigenvalue weighted by Gasteiger charge is 2.27. The maximum atomic E-state index is 12.5. The molecule has 1 amide bonds. The van der Waals surface area contributed by atoms with Crippen LogP contribution in [0.15, 0.2) is 58.4 Å². The fourth-order valence-electron chi connectivity index (χ4n) is 3.06. The Morgan fingerprint density at radius 1 is 1.35 bits per heavy atom. The van der Waals surface area contributed by atoms with Gasteiger partial charge in [0, 0.05) is 5.69 Å². The molecular formula is C23H23BrN2O4S. The summed E-state index contributed by atoms with van der Waals surface area (Å²) in [7, 11) is 0. The lowest BCUT2D eigenvalue weighted by molar-refractivity contribution is -0.139. The van der Waals surface area contributed by atoms with Crippen molar-refractivity contribution in [2.24, 2.45) is 0 Å². The fraction of sp³-hybridized carbons (Fsp3) is 0.217. The minimum atomic E-state index is -1.05. The number of benzene rings is 2. The molecule has 1 atom stereocenters. The first-order valence-electron chi connectivity index (χ1n) is 9.72. The molecule has 3 N–H and O–H groups in total. The van der Waals surface area contributed by atoms with Crippen molar-refractivity contribution in [1.29, 1.82) is 0 Å². The summed E-state index contributed by atoms with van der Waals surface area (Å²) in [5.41, 5.74) is 3.52. The van der Waals surface area contributed by atoms with Crippen LogP contribution in [0.1, 0.15) is 23.6 Å². The van der Waals surface area contributed by atoms with Gasteiger partial charge in [-0.3, -0.25) is 4.79 Å². The molecule has 0 aliphatic carbocycles. The lowest BCUT2D eigenvalue weighted by atomic mass is 10.1. The number of carboxylic acid groups (broad SMARTS) is 1. The molecule has 1 saturated heterocycles. The average molecular weight is 503 g/mol. The lowest BCUT2D eigenvalue weighted by Crippen LogP contribution is -2.30. The monoisotopic (exact) mass is 502 g/mol. The first kappa shape index (κ1) is 23.0. The number of rotatable bonds is 9. The molecule has 0 saturated carbocycles. The molecule has 162 valence electrons. The summed E-state index contributed by atoms with van der Waals surface area (Å²) in [6.45, 7) is 5.42. The van der Waals surface area contributed by atoms with Crippen molar-refractivity contribution >= 4 is 51.3 Å². The van der Waals surface area contributed by atoms with Crippen molar-refractivity contribution in [3.8, 4) is 5.75 Å². The molecule has 1 aliphatic heterocycles. The van der Waals surface area contributed by atoms with Gasteiger partial charge in [0.1, 0.15) is 5.75 Å². The highest BCUT2D eigenvalue weighted by molar-refractivity contribution is 9.10. The van der Waals surface area contributed by atoms with Crippen molar-refractivity contribution in [2.45, 2.75) is 25.3 Å². The molecule has 0 bridgehead atoms. The summed E-state index contributed by atoms with van der Waals surface area (Å²) in [6.07, 6.45) is 5.00. The average Bonchev–Trinajstić information content (AvgIpc) is 3.06. The summed E-state index contributed by atoms with van der Waals surface area (Å²) in [5.74, 6) is -0.743. The maximum absolute atomic E-state index is 12.5. The van der Waals surface area contributed by atoms with Gasteiger partial charge in [0.2, 0.25) is 0 Å². The Bertz CT molecular complexity index is 1020. The molecule has 8 heteroatoms. The number of carbonyl (C=O) groups excluding carboxylic acids is 1. The van der Waals surface area contributed by atoms with E-state index < -0.39 is 12.6 Å². The van der Waals surface area contributed by atoms with Crippen LogP contribution >= 0.6 is 27.7 Å². The van der Waals surface area contributed by atoms with Crippen molar-refractivity contribution < 1.29 is 19.4 Å². The number of hydrogen-bond donors (Lipinski definition) is 3. The van der Waals surface area contributed by atoms with Gasteiger partial charge in [0.05, 0.1) is 9.38 Å². The maximum Gasteiger partial charge on any atom is 0.341 e. The number of aryl methyl sites for hydroxylation is 1. The van der Waals surface area contributed by atoms with Crippen LogP contribution in [0.25, 0.3) is 6.08 Å². The van der Waals surface area contributed by atoms with E-state index >= 15 is 0 Å². The minimum absolute atomic E-state index is 0.153. The predicted molar refractivity (Wildman–Crippen MR) is 128 cm³/mol. The number of aliphatic carboxylic acids is 1. The van der Waals surface area contributed by atoms with Crippen LogP contribution in [0, 0.1) is 0 Å². The normalized spacial score (nSPS) is 16.8. The molecule has 0 radical (unpaired) electrons. The van der Waals surface area contributed by atoms with E-state index in [1.807, 2.05) is 18.2 Å². The Morgan fingerprint density at radius 2 is 2.10 bits per heavy atom. The highest BCUT2D eigenvalue weighted by atomic mass is 79.9. The third-order valence-corrected chi connectivity index (χ3v) is 6.15. The van der Waals surface area contributed by atoms with E-state index in [-0.39, 0.29) is 11.4 Å². The largest absolute Gasteiger partial charge is 0.480 e. The van der Waals surface area contributed by atoms with Crippen LogP contribution in [0.5, 0.6) is 5.75 Å². The number of thioether (sulfide) groups is 1. The molecule has 0 aromatic heterocycles. The molecule has 0 spiro atoms. The summed E-state index contributed by atoms with van der Waals surface area (Å²) in [4.78, 5) is 23.9. The van der Waals surface area contributed by atoms with Crippen molar-refractivity contribution in [1.82, 2.24) is 5.32 Å². The number of anilines is 1. The van der Waals surface area contributed by atoms with E-state index in [4.69, 9.17) is 9.84 Å². The zero-order valence-electron chi connectivity index (χ0n) is 17.0. The summed E-state index contributed by atoms with van der Waals surface area (Å²) in [6, 6.07) is 11.8. The second kappa shape index (κ2) is 10.5. The SMILES string of the molecule is C=CCc1cc(/C=C2\S[C@@H](Nc3ccc(CC)cc3)NC2=O)cc(Br)c1OCC(=O)O. The van der Waals surface area contributed by atoms with Gasteiger partial charge < -0.3 is 20.5 Å². The van der Waals surface area contributed by atoms with Crippen LogP contribution < -0.4 is 15.4 Å². The second-order valence-electron chi connectivity index (χ2n) is 6.84. The standard InChI is InChI=1S/C23H23BrN2O4S/c1-3-5-16-10-15(11-18(24)21(16)30-13-20(27)28)12-19-22(29)26-23(31-19)25-17-8-6-14(4-2)7-9-17/h3,6-12,23,25H,1,4-5,13H2,2H3,(H,26,29)(H,27,28)/b19-12-/t23-/m0/s1. The first-order chi connectivity index (χ1) is 14.9. The van der Waals surface area contributed by atoms with Gasteiger partial charge in [-0.2, -0.15) is 0 Å². The Morgan fingerprint density at radius 3 is 2.74 bits per heavy atom. The summed E-state index contributed by atoms with van der Waals surface area (Å²) >= 11 is 4.86. The highest BCUT2D eigenvalue weighted by Crippen LogP contribution is 2.35. The second-order valence-corrected chi connectivity index (χ2v) is 8.84. The number of ether oxygens (including phenoxy) is 1. The molecular weight excluding hydrogens is 480 g/mol. The topological polar surface area (TPSA) is 87.7 Å². The van der Waals surface area contributed by atoms with Gasteiger partial charge in [0.15, 0.2) is 12.1 Å². The van der Waals surface area contributed by atoms with E-state index in [1.165, 1.54) is 17.3 Å². The zero-order valence-corrected chi connectivity index (χ0v) is 19.4. The van der Waals surface area contributed by atoms with Gasteiger partial charge in [-0.05, 0) is 75.8 Å². The van der Waals surface area contributed by atoms with Gasteiger partial charge >= 0.3 is 5.97 Å². The molecule has 3 rings (SSSR count). The van der Waals surface area contributed by atoms with Crippen LogP contribution in [-0.2, 0) is 22.4 Å². The number of allylic oxidation sites excluding steroid dienone is 1. The molecule has 0 unspecified atom stereocenters. The summed E-state index contributed by atoms with van der Waals surface area (Å²) < 4.78 is 6.04. The first-order valence-corrected chi connectivity index (χ1v) is 11.4. The number of carbonyl (C=O) groups is 2. The van der Waals surface area contributed by atoms with Crippen molar-refractivity contribution in [2.75, 3.05) is 11.9 Å². The van der Waals surface area contributed by atoms with E-state index in [0.717, 1.165) is 23.2 Å². The minimum Gasteiger partial charge on any atom is -0.480 e. The van der Waals surface area contributed by atoms with E-state index in [1.54, 1.807) is 18.2 Å². The van der Waals surface area contributed by atoms with E-state index in [0.29, 0.717) is 21.5 Å². The van der Waals surface area contributed by atoms with E-state index in [2.05, 4.69) is 52.2 Å². The lowest BCUT2D eigenvalue weighted by Gasteiger charge is -2.13. The fourth-order valence-corrected chi connectivity index (χ4v) is 4.68. The van der Waals surface area contributed by atoms with Crippen LogP contribution in [0.3, 0.4) is 0 Å². The molecule has 1 heterocycles. The third kappa shape index (κ3) is 6.15. The van der Waals surface area contributed by atoms with Gasteiger partial charge in [-0.25, -0.2) is 4.79 Å². The number of hydrogen-bond acceptors (Lipinski definition) is 5. The number of halogens is 1. The number of nitrogens with one attached hydrogen (secondary N) is 2. The van der Waals surface area contributed by atoms with Gasteiger partial charge in [-0.1, -0.05) is 36.9 Å². The quantitative estimate of drug-likeness (QED) is 0.337. The van der Waals surface area contributed by atoms with Crippen molar-refractivity contribution in [3.05, 3.63) is 75.1 Å². The Hall–Kier alpha value is -2.71. The zero-order chi connectivity index (χ0) is 22.4. The van der Waals surface area contributed by atoms with Crippen molar-refractivity contribution in [3.63, 3.8) is 0 Å². The number of carboxylic acids is 1. The smallest absolute Gasteiger partial charge is 0.341 e. The Balaban J connectivity index is 1.77. The van der Waals surface area contributed by atoms with Crippen LogP contribution in [0.2, 0.25) is 0 Å². The molecule has 1 aliphatic rings. The summed E-state index contributed by atoms with van der Waals surface area (Å²) in [5, 5.41) is 15.1. The van der Waals surface area contributed by atoms with Gasteiger partial charge in [-0.15, -0.1) is 6.58 Å². The Kier molecular flexibility index (Phi) is 7.81.